The van der Waals surface area contributed by atoms with E-state index in [-0.39, 0.29) is 11.1 Å². The Labute approximate surface area is 479 Å². The zero-order valence-corrected chi connectivity index (χ0v) is 45.7. The van der Waals surface area contributed by atoms with Gasteiger partial charge < -0.3 is 10.0 Å². The first-order valence-electron chi connectivity index (χ1n) is 27.2. The van der Waals surface area contributed by atoms with Crippen molar-refractivity contribution < 1.29 is 10.0 Å². The molecular weight excluding hydrogens is 1070 g/mol. The van der Waals surface area contributed by atoms with Gasteiger partial charge in [0.05, 0.1) is 11.0 Å². The Balaban J connectivity index is 0.000000119. The lowest BCUT2D eigenvalue weighted by atomic mass is 9.78. The van der Waals surface area contributed by atoms with Crippen LogP contribution < -0.4 is 16.6 Å². The number of nitrogens with zero attached hydrogens (tertiary/aromatic N) is 2. The highest BCUT2D eigenvalue weighted by molar-refractivity contribution is 9.10. The number of fused-ring (bicyclic) bond motifs is 18. The molecule has 16 rings (SSSR count). The standard InChI is InChI=1S/C37H23NO.C19H12BrNO.C18H13BO2/c39-37-34-15-6-5-13-31(34)33-14-7-8-16-36(33)38(37)26-20-17-24(18-21-26)25-19-22-32-29-11-2-1-9-27(29)28-10-3-4-12-30(28)35(32)23-25;20-13-9-11-14(12-10-13)21-18-8-4-3-6-16(18)15-5-1-2-7-17(15)19(21)22;20-19(21)12-9-10-17-15-7-2-1-5-13(15)14-6-3-4-8-16(14)18(17)11-12/h1-23H;1-12H;1-11,20-21H. The predicted octanol–water partition coefficient (Wildman–Crippen LogP) is 17.0. The Morgan fingerprint density at radius 2 is 0.549 bits per heavy atom. The van der Waals surface area contributed by atoms with E-state index < -0.39 is 7.12 Å². The number of para-hydroxylation sites is 2. The fourth-order valence-electron chi connectivity index (χ4n) is 12.1. The van der Waals surface area contributed by atoms with Crippen LogP contribution in [0, 0.1) is 0 Å². The van der Waals surface area contributed by atoms with E-state index in [0.29, 0.717) is 5.46 Å². The molecule has 2 heterocycles. The van der Waals surface area contributed by atoms with Gasteiger partial charge in [0.2, 0.25) is 0 Å². The van der Waals surface area contributed by atoms with Crippen LogP contribution in [0.25, 0.3) is 130 Å². The molecule has 8 heteroatoms. The van der Waals surface area contributed by atoms with Crippen molar-refractivity contribution in [2.24, 2.45) is 0 Å². The lowest BCUT2D eigenvalue weighted by molar-refractivity contribution is 0.426. The third kappa shape index (κ3) is 8.69. The molecule has 16 aromatic rings. The smallest absolute Gasteiger partial charge is 0.423 e. The van der Waals surface area contributed by atoms with Crippen molar-refractivity contribution in [2.45, 2.75) is 0 Å². The molecule has 388 valence electrons. The van der Waals surface area contributed by atoms with Gasteiger partial charge in [0.1, 0.15) is 0 Å². The predicted molar refractivity (Wildman–Crippen MR) is 349 cm³/mol. The van der Waals surface area contributed by atoms with Gasteiger partial charge in [0.25, 0.3) is 11.1 Å². The number of aromatic nitrogens is 2. The van der Waals surface area contributed by atoms with Gasteiger partial charge >= 0.3 is 7.12 Å². The van der Waals surface area contributed by atoms with Gasteiger partial charge in [0.15, 0.2) is 0 Å². The third-order valence-electron chi connectivity index (χ3n) is 15.9. The Kier molecular flexibility index (Phi) is 12.8. The SMILES string of the molecule is O=c1c2ccccc2c2ccccc2n1-c1ccc(-c2ccc3c4ccccc4c4ccccc4c3c2)cc1.O=c1c2ccccc2c2ccccc2n1-c1ccc(Br)cc1.OB(O)c1ccc2c3ccccc3c3ccccc3c2c1. The summed E-state index contributed by atoms with van der Waals surface area (Å²) in [6.07, 6.45) is 0. The number of halogens is 1. The monoisotopic (exact) mass is 1120 g/mol. The summed E-state index contributed by atoms with van der Waals surface area (Å²) in [5.74, 6) is 0. The summed E-state index contributed by atoms with van der Waals surface area (Å²) in [6, 6.07) is 94.2. The highest BCUT2D eigenvalue weighted by Crippen LogP contribution is 2.38. The van der Waals surface area contributed by atoms with Crippen LogP contribution in [0.1, 0.15) is 0 Å². The van der Waals surface area contributed by atoms with Gasteiger partial charge in [-0.2, -0.15) is 0 Å². The molecule has 0 aliphatic heterocycles. The second kappa shape index (κ2) is 20.9. The van der Waals surface area contributed by atoms with E-state index >= 15 is 0 Å². The summed E-state index contributed by atoms with van der Waals surface area (Å²) in [6.45, 7) is 0. The van der Waals surface area contributed by atoms with Crippen LogP contribution in [0.5, 0.6) is 0 Å². The molecule has 0 aliphatic rings. The molecule has 0 amide bonds. The van der Waals surface area contributed by atoms with Gasteiger partial charge in [-0.25, -0.2) is 0 Å². The molecule has 0 aliphatic carbocycles. The largest absolute Gasteiger partial charge is 0.488 e. The van der Waals surface area contributed by atoms with Crippen molar-refractivity contribution in [3.8, 4) is 22.5 Å². The van der Waals surface area contributed by atoms with E-state index in [1.165, 1.54) is 48.5 Å². The maximum Gasteiger partial charge on any atom is 0.488 e. The number of rotatable bonds is 4. The average Bonchev–Trinajstić information content (AvgIpc) is 3.48. The summed E-state index contributed by atoms with van der Waals surface area (Å²) >= 11 is 3.44. The van der Waals surface area contributed by atoms with Gasteiger partial charge in [-0.05, 0) is 159 Å². The summed E-state index contributed by atoms with van der Waals surface area (Å²) < 4.78 is 4.61. The number of pyridine rings is 2. The van der Waals surface area contributed by atoms with E-state index in [0.717, 1.165) is 86.5 Å². The van der Waals surface area contributed by atoms with Crippen molar-refractivity contribution in [1.29, 1.82) is 0 Å². The second-order valence-corrected chi connectivity index (χ2v) is 21.5. The quantitative estimate of drug-likeness (QED) is 0.136. The lowest BCUT2D eigenvalue weighted by Gasteiger charge is -2.14. The molecule has 0 unspecified atom stereocenters. The van der Waals surface area contributed by atoms with Gasteiger partial charge in [-0.15, -0.1) is 0 Å². The summed E-state index contributed by atoms with van der Waals surface area (Å²) in [7, 11) is -1.44. The molecular formula is C74H48BBrN2O4. The first-order valence-corrected chi connectivity index (χ1v) is 28.0. The van der Waals surface area contributed by atoms with E-state index in [2.05, 4.69) is 143 Å². The maximum atomic E-state index is 13.6. The Morgan fingerprint density at radius 3 is 0.939 bits per heavy atom. The topological polar surface area (TPSA) is 84.5 Å². The molecule has 0 atom stereocenters. The van der Waals surface area contributed by atoms with Gasteiger partial charge in [0, 0.05) is 37.4 Å². The van der Waals surface area contributed by atoms with Crippen molar-refractivity contribution in [3.05, 3.63) is 304 Å². The minimum absolute atomic E-state index is 0.00102. The van der Waals surface area contributed by atoms with E-state index in [1.54, 1.807) is 10.6 Å². The highest BCUT2D eigenvalue weighted by Gasteiger charge is 2.17. The third-order valence-corrected chi connectivity index (χ3v) is 16.5. The molecule has 14 aromatic carbocycles. The molecule has 82 heavy (non-hydrogen) atoms. The fraction of sp³-hybridized carbons (Fsp3) is 0. The summed E-state index contributed by atoms with van der Waals surface area (Å²) in [5, 5.41) is 39.0. The lowest BCUT2D eigenvalue weighted by Crippen LogP contribution is -2.29. The maximum absolute atomic E-state index is 13.6. The second-order valence-electron chi connectivity index (χ2n) is 20.6. The summed E-state index contributed by atoms with van der Waals surface area (Å²) in [4.78, 5) is 26.6. The van der Waals surface area contributed by atoms with Crippen LogP contribution in [0.15, 0.2) is 293 Å². The minimum atomic E-state index is -1.44. The van der Waals surface area contributed by atoms with E-state index in [4.69, 9.17) is 0 Å². The van der Waals surface area contributed by atoms with Crippen molar-refractivity contribution in [2.75, 3.05) is 0 Å². The first-order chi connectivity index (χ1) is 40.3. The fourth-order valence-corrected chi connectivity index (χ4v) is 12.4. The first kappa shape index (κ1) is 50.3. The van der Waals surface area contributed by atoms with Gasteiger partial charge in [-0.3, -0.25) is 18.7 Å². The molecule has 0 saturated carbocycles. The molecule has 2 N–H and O–H groups in total. The summed E-state index contributed by atoms with van der Waals surface area (Å²) in [5.41, 5.74) is 6.38. The number of benzene rings is 14. The number of hydrogen-bond acceptors (Lipinski definition) is 4. The van der Waals surface area contributed by atoms with E-state index in [9.17, 15) is 19.6 Å². The molecule has 0 saturated heterocycles. The molecule has 2 aromatic heterocycles. The van der Waals surface area contributed by atoms with Crippen molar-refractivity contribution in [3.63, 3.8) is 0 Å². The molecule has 0 bridgehead atoms. The molecule has 0 fully saturated rings. The van der Waals surface area contributed by atoms with Crippen LogP contribution in [0.3, 0.4) is 0 Å². The Bertz CT molecular complexity index is 5260. The number of hydrogen-bond donors (Lipinski definition) is 2. The van der Waals surface area contributed by atoms with Crippen molar-refractivity contribution in [1.82, 2.24) is 9.13 Å². The molecule has 0 radical (unpaired) electrons. The average molecular weight is 1120 g/mol. The normalized spacial score (nSPS) is 11.5. The molecule has 0 spiro atoms. The van der Waals surface area contributed by atoms with Crippen LogP contribution in [-0.4, -0.2) is 26.3 Å². The van der Waals surface area contributed by atoms with Crippen molar-refractivity contribution >= 4 is 136 Å². The Morgan fingerprint density at radius 1 is 0.268 bits per heavy atom. The van der Waals surface area contributed by atoms with Crippen LogP contribution >= 0.6 is 15.9 Å². The highest BCUT2D eigenvalue weighted by atomic mass is 79.9. The zero-order valence-electron chi connectivity index (χ0n) is 44.1. The van der Waals surface area contributed by atoms with Gasteiger partial charge in [-0.1, -0.05) is 228 Å². The zero-order chi connectivity index (χ0) is 55.4. The van der Waals surface area contributed by atoms with Crippen LogP contribution in [0.4, 0.5) is 0 Å². The Hall–Kier alpha value is -9.96. The minimum Gasteiger partial charge on any atom is -0.423 e. The molecule has 6 nitrogen and oxygen atoms in total. The van der Waals surface area contributed by atoms with E-state index in [1.807, 2.05) is 150 Å². The van der Waals surface area contributed by atoms with Crippen LogP contribution in [-0.2, 0) is 0 Å². The van der Waals surface area contributed by atoms with Crippen LogP contribution in [0.2, 0.25) is 0 Å².